The van der Waals surface area contributed by atoms with E-state index in [4.69, 9.17) is 0 Å². The van der Waals surface area contributed by atoms with E-state index in [1.165, 1.54) is 18.9 Å². The maximum absolute atomic E-state index is 13.7. The van der Waals surface area contributed by atoms with Gasteiger partial charge in [0, 0.05) is 16.5 Å². The van der Waals surface area contributed by atoms with Crippen molar-refractivity contribution in [2.45, 2.75) is 25.8 Å². The number of nitrogens with one attached hydrogen (secondary N) is 1. The predicted octanol–water partition coefficient (Wildman–Crippen LogP) is 3.83. The number of thiazole rings is 1. The molecule has 1 saturated carbocycles. The molecule has 1 aromatic carbocycles. The Morgan fingerprint density at radius 1 is 1.35 bits per heavy atom. The SMILES string of the molecule is Cc1sc(NC2CC2)nc1-c1ccccc1F. The van der Waals surface area contributed by atoms with E-state index >= 15 is 0 Å². The van der Waals surface area contributed by atoms with Crippen molar-refractivity contribution in [1.82, 2.24) is 4.98 Å². The van der Waals surface area contributed by atoms with Gasteiger partial charge in [-0.05, 0) is 31.9 Å². The van der Waals surface area contributed by atoms with Crippen LogP contribution < -0.4 is 5.32 Å². The predicted molar refractivity (Wildman–Crippen MR) is 68.9 cm³/mol. The molecule has 0 amide bonds. The summed E-state index contributed by atoms with van der Waals surface area (Å²) in [6.45, 7) is 1.98. The quantitative estimate of drug-likeness (QED) is 0.892. The summed E-state index contributed by atoms with van der Waals surface area (Å²) in [6, 6.07) is 7.36. The van der Waals surface area contributed by atoms with E-state index in [0.717, 1.165) is 15.7 Å². The van der Waals surface area contributed by atoms with E-state index < -0.39 is 0 Å². The van der Waals surface area contributed by atoms with Crippen LogP contribution in [0.2, 0.25) is 0 Å². The number of hydrogen-bond acceptors (Lipinski definition) is 3. The molecule has 0 atom stereocenters. The van der Waals surface area contributed by atoms with Gasteiger partial charge < -0.3 is 5.32 Å². The third kappa shape index (κ3) is 2.17. The van der Waals surface area contributed by atoms with E-state index in [2.05, 4.69) is 10.3 Å². The molecule has 1 aliphatic carbocycles. The van der Waals surface area contributed by atoms with Crippen LogP contribution >= 0.6 is 11.3 Å². The summed E-state index contributed by atoms with van der Waals surface area (Å²) in [7, 11) is 0. The molecule has 17 heavy (non-hydrogen) atoms. The Kier molecular flexibility index (Phi) is 2.59. The van der Waals surface area contributed by atoms with E-state index in [1.54, 1.807) is 23.5 Å². The van der Waals surface area contributed by atoms with Gasteiger partial charge in [-0.25, -0.2) is 9.37 Å². The Morgan fingerprint density at radius 3 is 2.82 bits per heavy atom. The molecule has 0 radical (unpaired) electrons. The molecule has 0 aliphatic heterocycles. The van der Waals surface area contributed by atoms with E-state index in [9.17, 15) is 4.39 Å². The Balaban J connectivity index is 1.96. The molecule has 0 bridgehead atoms. The van der Waals surface area contributed by atoms with Gasteiger partial charge in [-0.1, -0.05) is 12.1 Å². The maximum Gasteiger partial charge on any atom is 0.183 e. The van der Waals surface area contributed by atoms with Crippen LogP contribution in [0.4, 0.5) is 9.52 Å². The minimum absolute atomic E-state index is 0.209. The summed E-state index contributed by atoms with van der Waals surface area (Å²) >= 11 is 1.60. The van der Waals surface area contributed by atoms with Crippen LogP contribution in [0.5, 0.6) is 0 Å². The second-order valence-electron chi connectivity index (χ2n) is 4.32. The summed E-state index contributed by atoms with van der Waals surface area (Å²) in [6.07, 6.45) is 2.43. The highest BCUT2D eigenvalue weighted by molar-refractivity contribution is 7.16. The van der Waals surface area contributed by atoms with Crippen LogP contribution in [0.15, 0.2) is 24.3 Å². The number of rotatable bonds is 3. The minimum atomic E-state index is -0.209. The molecular formula is C13H13FN2S. The number of halogens is 1. The molecule has 1 heterocycles. The van der Waals surface area contributed by atoms with Crippen molar-refractivity contribution in [2.75, 3.05) is 5.32 Å². The standard InChI is InChI=1S/C13H13FN2S/c1-8-12(10-4-2-3-5-11(10)14)16-13(17-8)15-9-6-7-9/h2-5,9H,6-7H2,1H3,(H,15,16). The Hall–Kier alpha value is -1.42. The fraction of sp³-hybridized carbons (Fsp3) is 0.308. The lowest BCUT2D eigenvalue weighted by Gasteiger charge is -2.00. The van der Waals surface area contributed by atoms with Crippen LogP contribution in [0.25, 0.3) is 11.3 Å². The number of hydrogen-bond donors (Lipinski definition) is 1. The van der Waals surface area contributed by atoms with Crippen LogP contribution in [0.3, 0.4) is 0 Å². The highest BCUT2D eigenvalue weighted by Crippen LogP contribution is 2.34. The Labute approximate surface area is 104 Å². The summed E-state index contributed by atoms with van der Waals surface area (Å²) < 4.78 is 13.7. The zero-order valence-corrected chi connectivity index (χ0v) is 10.4. The van der Waals surface area contributed by atoms with Gasteiger partial charge in [0.15, 0.2) is 5.13 Å². The highest BCUT2D eigenvalue weighted by atomic mass is 32.1. The number of nitrogens with zero attached hydrogens (tertiary/aromatic N) is 1. The molecule has 3 rings (SSSR count). The van der Waals surface area contributed by atoms with Gasteiger partial charge in [0.25, 0.3) is 0 Å². The molecule has 1 aliphatic rings. The van der Waals surface area contributed by atoms with E-state index in [-0.39, 0.29) is 5.82 Å². The van der Waals surface area contributed by atoms with Gasteiger partial charge in [-0.2, -0.15) is 0 Å². The topological polar surface area (TPSA) is 24.9 Å². The van der Waals surface area contributed by atoms with Gasteiger partial charge in [0.2, 0.25) is 0 Å². The fourth-order valence-electron chi connectivity index (χ4n) is 1.76. The maximum atomic E-state index is 13.7. The summed E-state index contributed by atoms with van der Waals surface area (Å²) in [5, 5.41) is 4.26. The molecule has 1 N–H and O–H groups in total. The second-order valence-corrected chi connectivity index (χ2v) is 5.53. The monoisotopic (exact) mass is 248 g/mol. The lowest BCUT2D eigenvalue weighted by Crippen LogP contribution is -1.99. The fourth-order valence-corrected chi connectivity index (χ4v) is 2.67. The first-order valence-corrected chi connectivity index (χ1v) is 6.54. The third-order valence-electron chi connectivity index (χ3n) is 2.83. The average molecular weight is 248 g/mol. The largest absolute Gasteiger partial charge is 0.359 e. The third-order valence-corrected chi connectivity index (χ3v) is 3.73. The van der Waals surface area contributed by atoms with Gasteiger partial charge >= 0.3 is 0 Å². The zero-order valence-electron chi connectivity index (χ0n) is 9.53. The number of aryl methyl sites for hydroxylation is 1. The molecule has 4 heteroatoms. The van der Waals surface area contributed by atoms with Gasteiger partial charge in [-0.15, -0.1) is 11.3 Å². The molecule has 88 valence electrons. The normalized spacial score (nSPS) is 14.9. The lowest BCUT2D eigenvalue weighted by atomic mass is 10.1. The van der Waals surface area contributed by atoms with Crippen molar-refractivity contribution in [3.8, 4) is 11.3 Å². The Morgan fingerprint density at radius 2 is 2.12 bits per heavy atom. The van der Waals surface area contributed by atoms with Gasteiger partial charge in [-0.3, -0.25) is 0 Å². The summed E-state index contributed by atoms with van der Waals surface area (Å²) in [4.78, 5) is 5.54. The molecule has 1 fully saturated rings. The average Bonchev–Trinajstić information content (AvgIpc) is 3.03. The molecular weight excluding hydrogens is 235 g/mol. The van der Waals surface area contributed by atoms with Crippen molar-refractivity contribution < 1.29 is 4.39 Å². The molecule has 2 nitrogen and oxygen atoms in total. The highest BCUT2D eigenvalue weighted by Gasteiger charge is 2.23. The summed E-state index contributed by atoms with van der Waals surface area (Å²) in [5.41, 5.74) is 1.35. The minimum Gasteiger partial charge on any atom is -0.359 e. The van der Waals surface area contributed by atoms with Gasteiger partial charge in [0.1, 0.15) is 5.82 Å². The van der Waals surface area contributed by atoms with E-state index in [1.807, 2.05) is 13.0 Å². The first kappa shape index (κ1) is 10.7. The van der Waals surface area contributed by atoms with Crippen molar-refractivity contribution in [1.29, 1.82) is 0 Å². The van der Waals surface area contributed by atoms with Crippen LogP contribution in [0, 0.1) is 12.7 Å². The summed E-state index contributed by atoms with van der Waals surface area (Å²) in [5.74, 6) is -0.209. The number of aromatic nitrogens is 1. The Bertz CT molecular complexity index is 546. The molecule has 0 unspecified atom stereocenters. The second kappa shape index (κ2) is 4.11. The smallest absolute Gasteiger partial charge is 0.183 e. The van der Waals surface area contributed by atoms with Crippen molar-refractivity contribution in [3.05, 3.63) is 35.0 Å². The molecule has 0 saturated heterocycles. The van der Waals surface area contributed by atoms with Crippen LogP contribution in [0.1, 0.15) is 17.7 Å². The van der Waals surface area contributed by atoms with Crippen molar-refractivity contribution in [2.24, 2.45) is 0 Å². The van der Waals surface area contributed by atoms with Gasteiger partial charge in [0.05, 0.1) is 5.69 Å². The zero-order chi connectivity index (χ0) is 11.8. The van der Waals surface area contributed by atoms with Crippen LogP contribution in [-0.4, -0.2) is 11.0 Å². The molecule has 1 aromatic heterocycles. The van der Waals surface area contributed by atoms with Crippen LogP contribution in [-0.2, 0) is 0 Å². The first-order chi connectivity index (χ1) is 8.24. The van der Waals surface area contributed by atoms with Crippen molar-refractivity contribution >= 4 is 16.5 Å². The molecule has 0 spiro atoms. The number of anilines is 1. The van der Waals surface area contributed by atoms with Crippen molar-refractivity contribution in [3.63, 3.8) is 0 Å². The molecule has 2 aromatic rings. The number of benzene rings is 1. The van der Waals surface area contributed by atoms with E-state index in [0.29, 0.717) is 11.6 Å². The lowest BCUT2D eigenvalue weighted by molar-refractivity contribution is 0.631. The first-order valence-electron chi connectivity index (χ1n) is 5.73.